The maximum absolute atomic E-state index is 12.4. The SMILES string of the molecule is CC(C)OC(=O)C(C)(C)COc1ccc(C(=O)c2ccc(Cl)cc2)cc1. The number of ether oxygens (including phenoxy) is 2. The summed E-state index contributed by atoms with van der Waals surface area (Å²) in [7, 11) is 0. The molecule has 4 nitrogen and oxygen atoms in total. The van der Waals surface area contributed by atoms with E-state index in [4.69, 9.17) is 21.1 Å². The molecular formula is C21H23ClO4. The van der Waals surface area contributed by atoms with Gasteiger partial charge in [-0.1, -0.05) is 11.6 Å². The first-order valence-corrected chi connectivity index (χ1v) is 8.81. The van der Waals surface area contributed by atoms with E-state index < -0.39 is 5.41 Å². The average molecular weight is 375 g/mol. The fraction of sp³-hybridized carbons (Fsp3) is 0.333. The first-order valence-electron chi connectivity index (χ1n) is 8.43. The number of benzene rings is 2. The Morgan fingerprint density at radius 3 is 1.96 bits per heavy atom. The molecule has 0 radical (unpaired) electrons. The Kier molecular flexibility index (Phi) is 6.43. The number of rotatable bonds is 7. The van der Waals surface area contributed by atoms with Crippen LogP contribution in [0.1, 0.15) is 43.6 Å². The van der Waals surface area contributed by atoms with Gasteiger partial charge in [-0.3, -0.25) is 9.59 Å². The Hall–Kier alpha value is -2.33. The van der Waals surface area contributed by atoms with Crippen LogP contribution in [-0.4, -0.2) is 24.5 Å². The molecule has 0 heterocycles. The molecule has 0 aromatic heterocycles. The predicted octanol–water partition coefficient (Wildman–Crippen LogP) is 4.93. The van der Waals surface area contributed by atoms with E-state index in [-0.39, 0.29) is 24.5 Å². The van der Waals surface area contributed by atoms with Crippen molar-refractivity contribution >= 4 is 23.4 Å². The quantitative estimate of drug-likeness (QED) is 0.509. The second-order valence-corrected chi connectivity index (χ2v) is 7.42. The highest BCUT2D eigenvalue weighted by molar-refractivity contribution is 6.30. The number of carbonyl (C=O) groups excluding carboxylic acids is 2. The normalized spacial score (nSPS) is 11.3. The summed E-state index contributed by atoms with van der Waals surface area (Å²) in [6.07, 6.45) is -0.167. The maximum Gasteiger partial charge on any atom is 0.315 e. The second-order valence-electron chi connectivity index (χ2n) is 6.99. The summed E-state index contributed by atoms with van der Waals surface area (Å²) in [5.41, 5.74) is 0.362. The number of esters is 1. The maximum atomic E-state index is 12.4. The molecule has 0 aliphatic heterocycles. The van der Waals surface area contributed by atoms with Gasteiger partial charge in [0.15, 0.2) is 5.78 Å². The third kappa shape index (κ3) is 5.33. The van der Waals surface area contributed by atoms with Crippen LogP contribution in [0.15, 0.2) is 48.5 Å². The van der Waals surface area contributed by atoms with Gasteiger partial charge in [-0.05, 0) is 76.2 Å². The third-order valence-corrected chi connectivity index (χ3v) is 3.97. The van der Waals surface area contributed by atoms with E-state index in [9.17, 15) is 9.59 Å². The van der Waals surface area contributed by atoms with E-state index >= 15 is 0 Å². The number of hydrogen-bond acceptors (Lipinski definition) is 4. The lowest BCUT2D eigenvalue weighted by Gasteiger charge is -2.24. The van der Waals surface area contributed by atoms with Gasteiger partial charge < -0.3 is 9.47 Å². The third-order valence-electron chi connectivity index (χ3n) is 3.72. The lowest BCUT2D eigenvalue weighted by molar-refractivity contribution is -0.159. The molecule has 2 aromatic carbocycles. The van der Waals surface area contributed by atoms with Gasteiger partial charge in [0.05, 0.1) is 11.5 Å². The van der Waals surface area contributed by atoms with E-state index in [1.54, 1.807) is 62.4 Å². The van der Waals surface area contributed by atoms with Crippen LogP contribution >= 0.6 is 11.6 Å². The molecule has 0 bridgehead atoms. The zero-order valence-electron chi connectivity index (χ0n) is 15.4. The fourth-order valence-electron chi connectivity index (χ4n) is 2.17. The first kappa shape index (κ1) is 20.0. The smallest absolute Gasteiger partial charge is 0.315 e. The van der Waals surface area contributed by atoms with Crippen LogP contribution in [-0.2, 0) is 9.53 Å². The van der Waals surface area contributed by atoms with Crippen LogP contribution in [0.3, 0.4) is 0 Å². The topological polar surface area (TPSA) is 52.6 Å². The van der Waals surface area contributed by atoms with Crippen LogP contribution in [0.25, 0.3) is 0 Å². The molecule has 0 spiro atoms. The monoisotopic (exact) mass is 374 g/mol. The molecule has 0 aliphatic carbocycles. The molecule has 0 fully saturated rings. The van der Waals surface area contributed by atoms with Crippen molar-refractivity contribution in [2.75, 3.05) is 6.61 Å². The molecule has 2 rings (SSSR count). The Morgan fingerprint density at radius 2 is 1.46 bits per heavy atom. The largest absolute Gasteiger partial charge is 0.492 e. The molecular weight excluding hydrogens is 352 g/mol. The molecule has 0 saturated heterocycles. The van der Waals surface area contributed by atoms with Crippen LogP contribution in [0.5, 0.6) is 5.75 Å². The molecule has 0 unspecified atom stereocenters. The van der Waals surface area contributed by atoms with E-state index in [0.717, 1.165) is 0 Å². The van der Waals surface area contributed by atoms with Crippen LogP contribution < -0.4 is 4.74 Å². The Morgan fingerprint density at radius 1 is 0.962 bits per heavy atom. The minimum atomic E-state index is -0.762. The summed E-state index contributed by atoms with van der Waals surface area (Å²) in [6.45, 7) is 7.35. The summed E-state index contributed by atoms with van der Waals surface area (Å²) >= 11 is 5.84. The van der Waals surface area contributed by atoms with Gasteiger partial charge in [-0.15, -0.1) is 0 Å². The highest BCUT2D eigenvalue weighted by Crippen LogP contribution is 2.22. The summed E-state index contributed by atoms with van der Waals surface area (Å²) < 4.78 is 10.9. The second kappa shape index (κ2) is 8.37. The molecule has 0 N–H and O–H groups in total. The van der Waals surface area contributed by atoms with Gasteiger partial charge >= 0.3 is 5.97 Å². The molecule has 0 aliphatic rings. The first-order chi connectivity index (χ1) is 12.2. The zero-order chi connectivity index (χ0) is 19.3. The van der Waals surface area contributed by atoms with Gasteiger partial charge in [-0.2, -0.15) is 0 Å². The highest BCUT2D eigenvalue weighted by Gasteiger charge is 2.31. The van der Waals surface area contributed by atoms with Gasteiger partial charge in [0, 0.05) is 16.1 Å². The minimum absolute atomic E-state index is 0.0888. The summed E-state index contributed by atoms with van der Waals surface area (Å²) in [4.78, 5) is 24.5. The molecule has 138 valence electrons. The summed E-state index contributed by atoms with van der Waals surface area (Å²) in [6, 6.07) is 13.6. The fourth-order valence-corrected chi connectivity index (χ4v) is 2.29. The summed E-state index contributed by atoms with van der Waals surface area (Å²) in [5.74, 6) is 0.194. The number of carbonyl (C=O) groups is 2. The van der Waals surface area contributed by atoms with E-state index in [0.29, 0.717) is 21.9 Å². The van der Waals surface area contributed by atoms with Crippen molar-refractivity contribution in [3.63, 3.8) is 0 Å². The van der Waals surface area contributed by atoms with Crippen molar-refractivity contribution in [2.45, 2.75) is 33.8 Å². The Labute approximate surface area is 159 Å². The predicted molar refractivity (Wildman–Crippen MR) is 102 cm³/mol. The van der Waals surface area contributed by atoms with Crippen molar-refractivity contribution in [3.8, 4) is 5.75 Å². The standard InChI is InChI=1S/C21H23ClO4/c1-14(2)26-20(24)21(3,4)13-25-18-11-7-16(8-12-18)19(23)15-5-9-17(22)10-6-15/h5-12,14H,13H2,1-4H3. The van der Waals surface area contributed by atoms with Crippen LogP contribution in [0.2, 0.25) is 5.02 Å². The van der Waals surface area contributed by atoms with E-state index in [1.165, 1.54) is 0 Å². The molecule has 0 saturated carbocycles. The van der Waals surface area contributed by atoms with Crippen molar-refractivity contribution in [1.82, 2.24) is 0 Å². The van der Waals surface area contributed by atoms with E-state index in [2.05, 4.69) is 0 Å². The van der Waals surface area contributed by atoms with Crippen molar-refractivity contribution in [2.24, 2.45) is 5.41 Å². The molecule has 26 heavy (non-hydrogen) atoms. The lowest BCUT2D eigenvalue weighted by atomic mass is 9.95. The number of hydrogen-bond donors (Lipinski definition) is 0. The summed E-state index contributed by atoms with van der Waals surface area (Å²) in [5, 5.41) is 0.587. The van der Waals surface area contributed by atoms with Crippen molar-refractivity contribution in [3.05, 3.63) is 64.7 Å². The van der Waals surface area contributed by atoms with Gasteiger partial charge in [0.25, 0.3) is 0 Å². The minimum Gasteiger partial charge on any atom is -0.492 e. The van der Waals surface area contributed by atoms with Crippen LogP contribution in [0.4, 0.5) is 0 Å². The van der Waals surface area contributed by atoms with Crippen molar-refractivity contribution in [1.29, 1.82) is 0 Å². The molecule has 2 aromatic rings. The van der Waals surface area contributed by atoms with Gasteiger partial charge in [-0.25, -0.2) is 0 Å². The molecule has 0 amide bonds. The van der Waals surface area contributed by atoms with Crippen molar-refractivity contribution < 1.29 is 19.1 Å². The van der Waals surface area contributed by atoms with E-state index in [1.807, 2.05) is 13.8 Å². The number of ketones is 1. The Bertz CT molecular complexity index is 762. The zero-order valence-corrected chi connectivity index (χ0v) is 16.2. The van der Waals surface area contributed by atoms with Gasteiger partial charge in [0.2, 0.25) is 0 Å². The van der Waals surface area contributed by atoms with Gasteiger partial charge in [0.1, 0.15) is 12.4 Å². The molecule has 0 atom stereocenters. The Balaban J connectivity index is 2.00. The number of halogens is 1. The lowest BCUT2D eigenvalue weighted by Crippen LogP contribution is -2.34. The molecule has 5 heteroatoms. The van der Waals surface area contributed by atoms with Crippen LogP contribution in [0, 0.1) is 5.41 Å². The average Bonchev–Trinajstić information content (AvgIpc) is 2.60. The highest BCUT2D eigenvalue weighted by atomic mass is 35.5.